The average Bonchev–Trinajstić information content (AvgIpc) is 2.90. The van der Waals surface area contributed by atoms with Gasteiger partial charge in [0.1, 0.15) is 23.7 Å². The molecule has 1 amide bonds. The van der Waals surface area contributed by atoms with Gasteiger partial charge in [-0.05, 0) is 24.6 Å². The van der Waals surface area contributed by atoms with Crippen molar-refractivity contribution in [1.82, 2.24) is 9.97 Å². The molecule has 2 aromatic rings. The minimum atomic E-state index is -3.02. The molecular weight excluding hydrogens is 371 g/mol. The van der Waals surface area contributed by atoms with E-state index in [0.717, 1.165) is 6.07 Å². The molecule has 25 heavy (non-hydrogen) atoms. The van der Waals surface area contributed by atoms with Crippen LogP contribution in [0.2, 0.25) is 5.02 Å². The number of hydrogen-bond donors (Lipinski definition) is 2. The number of sulfone groups is 1. The smallest absolute Gasteiger partial charge is 0.274 e. The second-order valence-corrected chi connectivity index (χ2v) is 8.25. The molecule has 0 aliphatic carbocycles. The van der Waals surface area contributed by atoms with E-state index in [1.165, 1.54) is 24.5 Å². The summed E-state index contributed by atoms with van der Waals surface area (Å²) in [7, 11) is -3.02. The van der Waals surface area contributed by atoms with Crippen LogP contribution in [0.4, 0.5) is 15.9 Å². The minimum absolute atomic E-state index is 0.0343. The number of anilines is 2. The number of amides is 1. The summed E-state index contributed by atoms with van der Waals surface area (Å²) in [4.78, 5) is 20.1. The molecule has 1 aliphatic rings. The summed E-state index contributed by atoms with van der Waals surface area (Å²) in [5, 5.41) is 5.44. The van der Waals surface area contributed by atoms with Crippen molar-refractivity contribution in [2.45, 2.75) is 12.5 Å². The van der Waals surface area contributed by atoms with Crippen LogP contribution in [-0.4, -0.2) is 41.8 Å². The van der Waals surface area contributed by atoms with Crippen molar-refractivity contribution in [2.24, 2.45) is 0 Å². The Hall–Kier alpha value is -2.26. The molecule has 10 heteroatoms. The summed E-state index contributed by atoms with van der Waals surface area (Å²) < 4.78 is 36.1. The van der Waals surface area contributed by atoms with Gasteiger partial charge in [-0.1, -0.05) is 11.6 Å². The highest BCUT2D eigenvalue weighted by Crippen LogP contribution is 2.20. The van der Waals surface area contributed by atoms with Gasteiger partial charge in [0.25, 0.3) is 5.91 Å². The predicted molar refractivity (Wildman–Crippen MR) is 92.1 cm³/mol. The first kappa shape index (κ1) is 17.6. The molecule has 0 bridgehead atoms. The van der Waals surface area contributed by atoms with E-state index in [1.807, 2.05) is 0 Å². The zero-order valence-corrected chi connectivity index (χ0v) is 14.4. The lowest BCUT2D eigenvalue weighted by Crippen LogP contribution is -2.22. The third kappa shape index (κ3) is 4.43. The van der Waals surface area contributed by atoms with Crippen LogP contribution >= 0.6 is 11.6 Å². The standard InChI is InChI=1S/C15H14ClFN4O3S/c16-11-5-9(1-2-12(11)17)21-15(22)13-6-14(19-8-18-13)20-10-3-4-25(23,24)7-10/h1-2,5-6,8,10H,3-4,7H2,(H,21,22)(H,18,19,20). The fourth-order valence-electron chi connectivity index (χ4n) is 2.45. The van der Waals surface area contributed by atoms with Gasteiger partial charge in [-0.25, -0.2) is 22.8 Å². The summed E-state index contributed by atoms with van der Waals surface area (Å²) in [6.07, 6.45) is 1.69. The van der Waals surface area contributed by atoms with Crippen LogP contribution in [0.25, 0.3) is 0 Å². The summed E-state index contributed by atoms with van der Waals surface area (Å²) in [6, 6.07) is 4.99. The van der Waals surface area contributed by atoms with Crippen molar-refractivity contribution >= 4 is 38.9 Å². The first-order chi connectivity index (χ1) is 11.8. The SMILES string of the molecule is O=C(Nc1ccc(F)c(Cl)c1)c1cc(NC2CCS(=O)(=O)C2)ncn1. The Kier molecular flexibility index (Phi) is 4.87. The van der Waals surface area contributed by atoms with Gasteiger partial charge in [0.2, 0.25) is 0 Å². The number of nitrogens with one attached hydrogen (secondary N) is 2. The normalized spacial score (nSPS) is 18.7. The Morgan fingerprint density at radius 3 is 2.76 bits per heavy atom. The lowest BCUT2D eigenvalue weighted by molar-refractivity contribution is 0.102. The molecule has 7 nitrogen and oxygen atoms in total. The number of aromatic nitrogens is 2. The molecule has 1 atom stereocenters. The van der Waals surface area contributed by atoms with Crippen LogP contribution in [0.1, 0.15) is 16.9 Å². The molecule has 2 heterocycles. The summed E-state index contributed by atoms with van der Waals surface area (Å²) in [5.74, 6) is -0.577. The Bertz CT molecular complexity index is 923. The van der Waals surface area contributed by atoms with Crippen LogP contribution in [0.15, 0.2) is 30.6 Å². The number of carbonyl (C=O) groups is 1. The van der Waals surface area contributed by atoms with Crippen molar-refractivity contribution in [3.63, 3.8) is 0 Å². The van der Waals surface area contributed by atoms with Crippen molar-refractivity contribution in [1.29, 1.82) is 0 Å². The van der Waals surface area contributed by atoms with Gasteiger partial charge in [0.15, 0.2) is 9.84 Å². The van der Waals surface area contributed by atoms with E-state index < -0.39 is 21.6 Å². The van der Waals surface area contributed by atoms with Gasteiger partial charge < -0.3 is 10.6 Å². The average molecular weight is 385 g/mol. The number of rotatable bonds is 4. The fraction of sp³-hybridized carbons (Fsp3) is 0.267. The van der Waals surface area contributed by atoms with Crippen LogP contribution in [0.5, 0.6) is 0 Å². The maximum absolute atomic E-state index is 13.1. The molecule has 0 saturated carbocycles. The largest absolute Gasteiger partial charge is 0.366 e. The van der Waals surface area contributed by atoms with E-state index in [1.54, 1.807) is 0 Å². The van der Waals surface area contributed by atoms with E-state index in [2.05, 4.69) is 20.6 Å². The van der Waals surface area contributed by atoms with E-state index in [9.17, 15) is 17.6 Å². The Balaban J connectivity index is 1.70. The van der Waals surface area contributed by atoms with Gasteiger partial charge in [-0.15, -0.1) is 0 Å². The highest BCUT2D eigenvalue weighted by molar-refractivity contribution is 7.91. The monoisotopic (exact) mass is 384 g/mol. The zero-order chi connectivity index (χ0) is 18.0. The van der Waals surface area contributed by atoms with Crippen LogP contribution < -0.4 is 10.6 Å². The first-order valence-corrected chi connectivity index (χ1v) is 9.58. The maximum Gasteiger partial charge on any atom is 0.274 e. The lowest BCUT2D eigenvalue weighted by Gasteiger charge is -2.12. The van der Waals surface area contributed by atoms with Gasteiger partial charge in [-0.3, -0.25) is 4.79 Å². The second-order valence-electron chi connectivity index (χ2n) is 5.62. The van der Waals surface area contributed by atoms with Crippen molar-refractivity contribution in [3.8, 4) is 0 Å². The third-order valence-corrected chi connectivity index (χ3v) is 5.72. The summed E-state index contributed by atoms with van der Waals surface area (Å²) >= 11 is 5.68. The molecule has 1 aromatic carbocycles. The quantitative estimate of drug-likeness (QED) is 0.837. The molecular formula is C15H14ClFN4O3S. The topological polar surface area (TPSA) is 101 Å². The van der Waals surface area contributed by atoms with Crippen molar-refractivity contribution in [2.75, 3.05) is 22.1 Å². The molecule has 2 N–H and O–H groups in total. The second kappa shape index (κ2) is 6.93. The zero-order valence-electron chi connectivity index (χ0n) is 12.9. The Morgan fingerprint density at radius 2 is 2.08 bits per heavy atom. The van der Waals surface area contributed by atoms with Gasteiger partial charge in [-0.2, -0.15) is 0 Å². The molecule has 1 fully saturated rings. The Labute approximate surface area is 148 Å². The maximum atomic E-state index is 13.1. The minimum Gasteiger partial charge on any atom is -0.366 e. The Morgan fingerprint density at radius 1 is 1.28 bits per heavy atom. The van der Waals surface area contributed by atoms with E-state index >= 15 is 0 Å². The predicted octanol–water partition coefficient (Wildman–Crippen LogP) is 2.12. The van der Waals surface area contributed by atoms with E-state index in [-0.39, 0.29) is 28.3 Å². The molecule has 1 saturated heterocycles. The van der Waals surface area contributed by atoms with E-state index in [4.69, 9.17) is 11.6 Å². The molecule has 132 valence electrons. The molecule has 0 spiro atoms. The van der Waals surface area contributed by atoms with Crippen LogP contribution in [-0.2, 0) is 9.84 Å². The van der Waals surface area contributed by atoms with Crippen LogP contribution in [0.3, 0.4) is 0 Å². The van der Waals surface area contributed by atoms with Crippen LogP contribution in [0, 0.1) is 5.82 Å². The highest BCUT2D eigenvalue weighted by atomic mass is 35.5. The van der Waals surface area contributed by atoms with Gasteiger partial charge >= 0.3 is 0 Å². The molecule has 3 rings (SSSR count). The number of nitrogens with zero attached hydrogens (tertiary/aromatic N) is 2. The first-order valence-electron chi connectivity index (χ1n) is 7.38. The molecule has 1 aliphatic heterocycles. The fourth-order valence-corrected chi connectivity index (χ4v) is 4.30. The molecule has 1 aromatic heterocycles. The number of halogens is 2. The van der Waals surface area contributed by atoms with Crippen molar-refractivity contribution < 1.29 is 17.6 Å². The molecule has 1 unspecified atom stereocenters. The van der Waals surface area contributed by atoms with Crippen molar-refractivity contribution in [3.05, 3.63) is 47.1 Å². The van der Waals surface area contributed by atoms with Gasteiger partial charge in [0.05, 0.1) is 16.5 Å². The number of carbonyl (C=O) groups excluding carboxylic acids is 1. The summed E-state index contributed by atoms with van der Waals surface area (Å²) in [5.41, 5.74) is 0.408. The van der Waals surface area contributed by atoms with Gasteiger partial charge in [0, 0.05) is 17.8 Å². The summed E-state index contributed by atoms with van der Waals surface area (Å²) in [6.45, 7) is 0. The number of hydrogen-bond acceptors (Lipinski definition) is 6. The van der Waals surface area contributed by atoms with E-state index in [0.29, 0.717) is 17.9 Å². The lowest BCUT2D eigenvalue weighted by atomic mass is 10.2. The number of benzene rings is 1. The molecule has 0 radical (unpaired) electrons. The highest BCUT2D eigenvalue weighted by Gasteiger charge is 2.28. The third-order valence-electron chi connectivity index (χ3n) is 3.66.